The van der Waals surface area contributed by atoms with Gasteiger partial charge in [0, 0.05) is 30.2 Å². The molecule has 1 fully saturated rings. The summed E-state index contributed by atoms with van der Waals surface area (Å²) in [6.07, 6.45) is 3.05. The van der Waals surface area contributed by atoms with Crippen LogP contribution in [0.1, 0.15) is 48.3 Å². The monoisotopic (exact) mass is 314 g/mol. The summed E-state index contributed by atoms with van der Waals surface area (Å²) in [4.78, 5) is 16.6. The minimum atomic E-state index is -0.102. The third kappa shape index (κ3) is 3.96. The van der Waals surface area contributed by atoms with Gasteiger partial charge in [0.15, 0.2) is 5.82 Å². The third-order valence-electron chi connectivity index (χ3n) is 4.11. The lowest BCUT2D eigenvalue weighted by atomic mass is 10.1. The molecule has 1 heterocycles. The molecule has 3 N–H and O–H groups in total. The fourth-order valence-electron chi connectivity index (χ4n) is 2.40. The van der Waals surface area contributed by atoms with Crippen LogP contribution in [0.3, 0.4) is 0 Å². The second kappa shape index (κ2) is 6.91. The summed E-state index contributed by atoms with van der Waals surface area (Å²) in [6, 6.07) is 7.31. The molecule has 1 aromatic carbocycles. The maximum atomic E-state index is 12.1. The summed E-state index contributed by atoms with van der Waals surface area (Å²) in [5.74, 6) is 2.34. The first-order valence-electron chi connectivity index (χ1n) is 8.09. The molecule has 122 valence electrons. The molecule has 0 radical (unpaired) electrons. The fourth-order valence-corrected chi connectivity index (χ4v) is 2.40. The summed E-state index contributed by atoms with van der Waals surface area (Å²) >= 11 is 0. The summed E-state index contributed by atoms with van der Waals surface area (Å²) in [5, 5.41) is 19.0. The molecule has 1 unspecified atom stereocenters. The summed E-state index contributed by atoms with van der Waals surface area (Å²) in [5.41, 5.74) is 1.52. The number of H-pyrrole nitrogens is 1. The lowest BCUT2D eigenvalue weighted by molar-refractivity contribution is 0.0945. The molecule has 0 saturated heterocycles. The highest BCUT2D eigenvalue weighted by Crippen LogP contribution is 2.38. The zero-order valence-corrected chi connectivity index (χ0v) is 13.2. The van der Waals surface area contributed by atoms with Crippen LogP contribution >= 0.6 is 0 Å². The van der Waals surface area contributed by atoms with E-state index in [2.05, 4.69) is 20.5 Å². The Morgan fingerprint density at radius 2 is 2.13 bits per heavy atom. The molecule has 2 aromatic rings. The average Bonchev–Trinajstić information content (AvgIpc) is 3.30. The van der Waals surface area contributed by atoms with Gasteiger partial charge in [-0.15, -0.1) is 0 Å². The third-order valence-corrected chi connectivity index (χ3v) is 4.11. The van der Waals surface area contributed by atoms with Crippen LogP contribution in [0.2, 0.25) is 0 Å². The Balaban J connectivity index is 1.60. The van der Waals surface area contributed by atoms with E-state index in [1.165, 1.54) is 12.8 Å². The Hall–Kier alpha value is -2.21. The Morgan fingerprint density at radius 1 is 1.39 bits per heavy atom. The summed E-state index contributed by atoms with van der Waals surface area (Å²) < 4.78 is 0. The number of aliphatic hydroxyl groups is 1. The van der Waals surface area contributed by atoms with Gasteiger partial charge in [-0.2, -0.15) is 5.10 Å². The Morgan fingerprint density at radius 3 is 2.78 bits per heavy atom. The highest BCUT2D eigenvalue weighted by atomic mass is 16.3. The van der Waals surface area contributed by atoms with Gasteiger partial charge in [0.2, 0.25) is 0 Å². The zero-order chi connectivity index (χ0) is 16.2. The normalized spacial score (nSPS) is 15.4. The molecule has 0 spiro atoms. The predicted octanol–water partition coefficient (Wildman–Crippen LogP) is 2.10. The number of nitrogens with one attached hydrogen (secondary N) is 2. The molecule has 0 aliphatic heterocycles. The smallest absolute Gasteiger partial charge is 0.251 e. The first-order valence-corrected chi connectivity index (χ1v) is 8.09. The molecule has 0 bridgehead atoms. The molecule has 1 aliphatic rings. The lowest BCUT2D eigenvalue weighted by Gasteiger charge is -2.11. The number of hydrogen-bond acceptors (Lipinski definition) is 4. The highest BCUT2D eigenvalue weighted by molar-refractivity contribution is 5.94. The fraction of sp³-hybridized carbons (Fsp3) is 0.471. The van der Waals surface area contributed by atoms with Gasteiger partial charge in [0.1, 0.15) is 5.82 Å². The van der Waals surface area contributed by atoms with Crippen LogP contribution < -0.4 is 5.32 Å². The first-order chi connectivity index (χ1) is 11.2. The number of benzene rings is 1. The SMILES string of the molecule is CC(CCO)CNC(=O)c1ccc(-c2n[nH]c(C3CC3)n2)cc1. The van der Waals surface area contributed by atoms with Crippen molar-refractivity contribution in [3.63, 3.8) is 0 Å². The quantitative estimate of drug-likeness (QED) is 0.730. The Kier molecular flexibility index (Phi) is 4.71. The van der Waals surface area contributed by atoms with E-state index in [1.54, 1.807) is 12.1 Å². The Bertz CT molecular complexity index is 661. The van der Waals surface area contributed by atoms with E-state index in [1.807, 2.05) is 19.1 Å². The van der Waals surface area contributed by atoms with Crippen molar-refractivity contribution in [3.05, 3.63) is 35.7 Å². The number of amides is 1. The van der Waals surface area contributed by atoms with Crippen molar-refractivity contribution in [2.24, 2.45) is 5.92 Å². The zero-order valence-electron chi connectivity index (χ0n) is 13.2. The van der Waals surface area contributed by atoms with Gasteiger partial charge in [0.05, 0.1) is 0 Å². The van der Waals surface area contributed by atoms with Crippen molar-refractivity contribution in [1.82, 2.24) is 20.5 Å². The van der Waals surface area contributed by atoms with Gasteiger partial charge in [-0.1, -0.05) is 19.1 Å². The second-order valence-corrected chi connectivity index (χ2v) is 6.22. The number of aliphatic hydroxyl groups excluding tert-OH is 1. The summed E-state index contributed by atoms with van der Waals surface area (Å²) in [6.45, 7) is 2.71. The van der Waals surface area contributed by atoms with Gasteiger partial charge in [-0.3, -0.25) is 9.89 Å². The lowest BCUT2D eigenvalue weighted by Crippen LogP contribution is -2.28. The predicted molar refractivity (Wildman–Crippen MR) is 87.0 cm³/mol. The van der Waals surface area contributed by atoms with E-state index in [4.69, 9.17) is 5.11 Å². The van der Waals surface area contributed by atoms with E-state index in [0.717, 1.165) is 11.4 Å². The van der Waals surface area contributed by atoms with Crippen molar-refractivity contribution < 1.29 is 9.90 Å². The molecule has 1 aliphatic carbocycles. The number of aromatic amines is 1. The number of carbonyl (C=O) groups is 1. The van der Waals surface area contributed by atoms with Gasteiger partial charge in [0.25, 0.3) is 5.91 Å². The van der Waals surface area contributed by atoms with Gasteiger partial charge >= 0.3 is 0 Å². The molecule has 3 rings (SSSR count). The van der Waals surface area contributed by atoms with Crippen LogP contribution in [0.5, 0.6) is 0 Å². The molecule has 1 aromatic heterocycles. The highest BCUT2D eigenvalue weighted by Gasteiger charge is 2.27. The van der Waals surface area contributed by atoms with E-state index in [-0.39, 0.29) is 18.4 Å². The van der Waals surface area contributed by atoms with Crippen LogP contribution in [-0.4, -0.2) is 39.3 Å². The topological polar surface area (TPSA) is 90.9 Å². The number of aromatic nitrogens is 3. The second-order valence-electron chi connectivity index (χ2n) is 6.22. The van der Waals surface area contributed by atoms with Crippen LogP contribution in [0.25, 0.3) is 11.4 Å². The van der Waals surface area contributed by atoms with Crippen molar-refractivity contribution >= 4 is 5.91 Å². The van der Waals surface area contributed by atoms with Gasteiger partial charge in [-0.25, -0.2) is 4.98 Å². The largest absolute Gasteiger partial charge is 0.396 e. The standard InChI is InChI=1S/C17H22N4O2/c1-11(8-9-22)10-18-17(23)14-6-4-13(5-7-14)16-19-15(20-21-16)12-2-3-12/h4-7,11-12,22H,2-3,8-10H2,1H3,(H,18,23)(H,19,20,21). The molecular formula is C17H22N4O2. The van der Waals surface area contributed by atoms with Crippen LogP contribution in [0.15, 0.2) is 24.3 Å². The Labute approximate surface area is 135 Å². The van der Waals surface area contributed by atoms with E-state index < -0.39 is 0 Å². The van der Waals surface area contributed by atoms with Gasteiger partial charge < -0.3 is 10.4 Å². The summed E-state index contributed by atoms with van der Waals surface area (Å²) in [7, 11) is 0. The van der Waals surface area contributed by atoms with E-state index in [0.29, 0.717) is 30.3 Å². The van der Waals surface area contributed by atoms with E-state index >= 15 is 0 Å². The average molecular weight is 314 g/mol. The molecular weight excluding hydrogens is 292 g/mol. The van der Waals surface area contributed by atoms with E-state index in [9.17, 15) is 4.79 Å². The van der Waals surface area contributed by atoms with Crippen molar-refractivity contribution in [2.45, 2.75) is 32.1 Å². The minimum absolute atomic E-state index is 0.102. The molecule has 23 heavy (non-hydrogen) atoms. The van der Waals surface area contributed by atoms with Crippen LogP contribution in [0, 0.1) is 5.92 Å². The van der Waals surface area contributed by atoms with Crippen LogP contribution in [-0.2, 0) is 0 Å². The maximum Gasteiger partial charge on any atom is 0.251 e. The van der Waals surface area contributed by atoms with Gasteiger partial charge in [-0.05, 0) is 37.3 Å². The van der Waals surface area contributed by atoms with Crippen molar-refractivity contribution in [1.29, 1.82) is 0 Å². The molecule has 1 amide bonds. The first kappa shape index (κ1) is 15.7. The number of nitrogens with zero attached hydrogens (tertiary/aromatic N) is 2. The van der Waals surface area contributed by atoms with Crippen molar-refractivity contribution in [3.8, 4) is 11.4 Å². The molecule has 6 nitrogen and oxygen atoms in total. The number of rotatable bonds is 7. The molecule has 1 atom stereocenters. The molecule has 1 saturated carbocycles. The number of hydrogen-bond donors (Lipinski definition) is 3. The maximum absolute atomic E-state index is 12.1. The van der Waals surface area contributed by atoms with Crippen LogP contribution in [0.4, 0.5) is 0 Å². The minimum Gasteiger partial charge on any atom is -0.396 e. The molecule has 6 heteroatoms. The van der Waals surface area contributed by atoms with Crippen molar-refractivity contribution in [2.75, 3.05) is 13.2 Å². The number of carbonyl (C=O) groups excluding carboxylic acids is 1.